The van der Waals surface area contributed by atoms with Gasteiger partial charge in [0.15, 0.2) is 15.0 Å². The summed E-state index contributed by atoms with van der Waals surface area (Å²) >= 11 is 1.30. The van der Waals surface area contributed by atoms with Crippen molar-refractivity contribution in [2.75, 3.05) is 44.4 Å². The topological polar surface area (TPSA) is 79.8 Å². The fraction of sp³-hybridized carbons (Fsp3) is 0.333. The van der Waals surface area contributed by atoms with Gasteiger partial charge in [-0.2, -0.15) is 0 Å². The van der Waals surface area contributed by atoms with Gasteiger partial charge >= 0.3 is 0 Å². The monoisotopic (exact) mass is 501 g/mol. The molecule has 32 heavy (non-hydrogen) atoms. The molecule has 0 saturated heterocycles. The van der Waals surface area contributed by atoms with Crippen LogP contribution in [0.15, 0.2) is 47.4 Å². The second-order valence-corrected chi connectivity index (χ2v) is 10.1. The van der Waals surface area contributed by atoms with Crippen molar-refractivity contribution in [2.45, 2.75) is 11.8 Å². The highest BCUT2D eigenvalue weighted by molar-refractivity contribution is 7.92. The molecular weight excluding hydrogens is 477 g/mol. The molecular formula is C21H25ClFN3O4S2. The standard InChI is InChI=1S/C21H24FN3O4S2.ClH/c1-4-29-16-7-10-18-19(13-16)30-21(23-18)25(12-11-24(2)3)20(26)14-31(27,28)17-8-5-15(22)6-9-17;/h5-10,13H,4,11-12,14H2,1-3H3;1H. The lowest BCUT2D eigenvalue weighted by Gasteiger charge is -2.22. The van der Waals surface area contributed by atoms with Gasteiger partial charge in [-0.15, -0.1) is 12.4 Å². The lowest BCUT2D eigenvalue weighted by atomic mass is 10.3. The van der Waals surface area contributed by atoms with Crippen molar-refractivity contribution >= 4 is 54.8 Å². The zero-order valence-electron chi connectivity index (χ0n) is 17.9. The third-order valence-electron chi connectivity index (χ3n) is 4.45. The minimum atomic E-state index is -3.93. The van der Waals surface area contributed by atoms with Gasteiger partial charge in [0, 0.05) is 13.1 Å². The number of rotatable bonds is 9. The number of benzene rings is 2. The Balaban J connectivity index is 0.00000363. The fourth-order valence-electron chi connectivity index (χ4n) is 2.86. The molecule has 0 saturated carbocycles. The van der Waals surface area contributed by atoms with Crippen LogP contribution in [0.3, 0.4) is 0 Å². The number of anilines is 1. The highest BCUT2D eigenvalue weighted by Crippen LogP contribution is 2.32. The van der Waals surface area contributed by atoms with Gasteiger partial charge in [0.1, 0.15) is 17.3 Å². The van der Waals surface area contributed by atoms with Crippen molar-refractivity contribution in [2.24, 2.45) is 0 Å². The molecule has 0 unspecified atom stereocenters. The van der Waals surface area contributed by atoms with E-state index in [9.17, 15) is 17.6 Å². The molecule has 1 heterocycles. The summed E-state index contributed by atoms with van der Waals surface area (Å²) < 4.78 is 44.9. The third-order valence-corrected chi connectivity index (χ3v) is 7.11. The number of ether oxygens (including phenoxy) is 1. The highest BCUT2D eigenvalue weighted by Gasteiger charge is 2.26. The van der Waals surface area contributed by atoms with Crippen LogP contribution in [0.25, 0.3) is 10.2 Å². The molecule has 0 aliphatic heterocycles. The van der Waals surface area contributed by atoms with E-state index in [4.69, 9.17) is 4.74 Å². The van der Waals surface area contributed by atoms with Crippen LogP contribution in [0.1, 0.15) is 6.92 Å². The largest absolute Gasteiger partial charge is 0.494 e. The van der Waals surface area contributed by atoms with E-state index in [0.29, 0.717) is 29.5 Å². The summed E-state index contributed by atoms with van der Waals surface area (Å²) in [6, 6.07) is 9.91. The Hall–Kier alpha value is -2.27. The van der Waals surface area contributed by atoms with E-state index in [1.807, 2.05) is 38.1 Å². The molecule has 0 aliphatic carbocycles. The molecule has 11 heteroatoms. The molecule has 0 radical (unpaired) electrons. The number of fused-ring (bicyclic) bond motifs is 1. The van der Waals surface area contributed by atoms with Gasteiger partial charge in [-0.3, -0.25) is 9.69 Å². The SMILES string of the molecule is CCOc1ccc2nc(N(CCN(C)C)C(=O)CS(=O)(=O)c3ccc(F)cc3)sc2c1.Cl. The summed E-state index contributed by atoms with van der Waals surface area (Å²) in [7, 11) is -0.195. The van der Waals surface area contributed by atoms with Gasteiger partial charge in [-0.05, 0) is 63.5 Å². The zero-order valence-corrected chi connectivity index (χ0v) is 20.4. The molecule has 1 amide bonds. The van der Waals surface area contributed by atoms with Crippen LogP contribution in [0.2, 0.25) is 0 Å². The predicted octanol–water partition coefficient (Wildman–Crippen LogP) is 3.62. The number of amides is 1. The van der Waals surface area contributed by atoms with Crippen molar-refractivity contribution in [1.82, 2.24) is 9.88 Å². The Morgan fingerprint density at radius 2 is 1.81 bits per heavy atom. The quantitative estimate of drug-likeness (QED) is 0.417. The van der Waals surface area contributed by atoms with Gasteiger partial charge in [0.2, 0.25) is 5.91 Å². The highest BCUT2D eigenvalue weighted by atomic mass is 35.5. The van der Waals surface area contributed by atoms with Gasteiger partial charge in [0.25, 0.3) is 0 Å². The molecule has 174 valence electrons. The predicted molar refractivity (Wildman–Crippen MR) is 127 cm³/mol. The van der Waals surface area contributed by atoms with E-state index in [-0.39, 0.29) is 23.8 Å². The first kappa shape index (κ1) is 26.0. The molecule has 3 aromatic rings. The summed E-state index contributed by atoms with van der Waals surface area (Å²) in [5.74, 6) is -1.16. The number of thiazole rings is 1. The smallest absolute Gasteiger partial charge is 0.244 e. The molecule has 2 aromatic carbocycles. The van der Waals surface area contributed by atoms with Crippen LogP contribution in [0.4, 0.5) is 9.52 Å². The van der Waals surface area contributed by atoms with E-state index in [1.165, 1.54) is 16.2 Å². The summed E-state index contributed by atoms with van der Waals surface area (Å²) in [5.41, 5.74) is 0.701. The summed E-state index contributed by atoms with van der Waals surface area (Å²) in [5, 5.41) is 0.421. The first-order chi connectivity index (χ1) is 14.7. The van der Waals surface area contributed by atoms with E-state index >= 15 is 0 Å². The van der Waals surface area contributed by atoms with Crippen molar-refractivity contribution in [1.29, 1.82) is 0 Å². The van der Waals surface area contributed by atoms with Crippen molar-refractivity contribution in [3.8, 4) is 5.75 Å². The van der Waals surface area contributed by atoms with Gasteiger partial charge in [-0.1, -0.05) is 11.3 Å². The molecule has 7 nitrogen and oxygen atoms in total. The maximum absolute atomic E-state index is 13.2. The summed E-state index contributed by atoms with van der Waals surface area (Å²) in [4.78, 5) is 20.8. The molecule has 0 N–H and O–H groups in total. The summed E-state index contributed by atoms with van der Waals surface area (Å²) in [6.07, 6.45) is 0. The number of sulfone groups is 1. The van der Waals surface area contributed by atoms with Gasteiger partial charge in [-0.25, -0.2) is 17.8 Å². The Labute approximate surface area is 197 Å². The maximum atomic E-state index is 13.2. The second-order valence-electron chi connectivity index (χ2n) is 7.12. The van der Waals surface area contributed by atoms with Crippen LogP contribution in [-0.2, 0) is 14.6 Å². The van der Waals surface area contributed by atoms with Crippen LogP contribution in [0.5, 0.6) is 5.75 Å². The molecule has 0 atom stereocenters. The number of carbonyl (C=O) groups excluding carboxylic acids is 1. The number of halogens is 2. The molecule has 0 spiro atoms. The van der Waals surface area contributed by atoms with Crippen molar-refractivity contribution < 1.29 is 22.3 Å². The number of nitrogens with zero attached hydrogens (tertiary/aromatic N) is 3. The first-order valence-corrected chi connectivity index (χ1v) is 12.1. The number of hydrogen-bond acceptors (Lipinski definition) is 7. The minimum absolute atomic E-state index is 0. The fourth-order valence-corrected chi connectivity index (χ4v) is 5.09. The van der Waals surface area contributed by atoms with Gasteiger partial charge < -0.3 is 9.64 Å². The Bertz CT molecular complexity index is 1170. The average Bonchev–Trinajstić information content (AvgIpc) is 3.11. The number of likely N-dealkylation sites (N-methyl/N-ethyl adjacent to an activating group) is 1. The number of aromatic nitrogens is 1. The van der Waals surface area contributed by atoms with E-state index in [2.05, 4.69) is 4.98 Å². The first-order valence-electron chi connectivity index (χ1n) is 9.66. The normalized spacial score (nSPS) is 11.4. The minimum Gasteiger partial charge on any atom is -0.494 e. The maximum Gasteiger partial charge on any atom is 0.244 e. The van der Waals surface area contributed by atoms with Crippen LogP contribution in [0, 0.1) is 5.82 Å². The molecule has 0 fully saturated rings. The Morgan fingerprint density at radius 1 is 1.12 bits per heavy atom. The summed E-state index contributed by atoms with van der Waals surface area (Å²) in [6.45, 7) is 3.24. The average molecular weight is 502 g/mol. The van der Waals surface area contributed by atoms with Crippen LogP contribution in [-0.4, -0.2) is 63.8 Å². The van der Waals surface area contributed by atoms with E-state index in [1.54, 1.807) is 6.07 Å². The number of hydrogen-bond donors (Lipinski definition) is 0. The van der Waals surface area contributed by atoms with Crippen molar-refractivity contribution in [3.63, 3.8) is 0 Å². The van der Waals surface area contributed by atoms with E-state index in [0.717, 1.165) is 29.0 Å². The third kappa shape index (κ3) is 6.38. The lowest BCUT2D eigenvalue weighted by Crippen LogP contribution is -2.40. The van der Waals surface area contributed by atoms with Crippen molar-refractivity contribution in [3.05, 3.63) is 48.3 Å². The van der Waals surface area contributed by atoms with Crippen LogP contribution >= 0.6 is 23.7 Å². The second kappa shape index (κ2) is 11.0. The molecule has 0 aliphatic rings. The molecule has 3 rings (SSSR count). The Kier molecular flexibility index (Phi) is 8.97. The molecule has 1 aromatic heterocycles. The van der Waals surface area contributed by atoms with E-state index < -0.39 is 27.3 Å². The lowest BCUT2D eigenvalue weighted by molar-refractivity contribution is -0.116. The van der Waals surface area contributed by atoms with Crippen LogP contribution < -0.4 is 9.64 Å². The number of carbonyl (C=O) groups is 1. The Morgan fingerprint density at radius 3 is 2.44 bits per heavy atom. The zero-order chi connectivity index (χ0) is 22.6. The molecule has 0 bridgehead atoms. The van der Waals surface area contributed by atoms with Gasteiger partial charge in [0.05, 0.1) is 21.7 Å².